The molecule has 0 saturated carbocycles. The number of pyridine rings is 1. The van der Waals surface area contributed by atoms with Crippen molar-refractivity contribution in [3.05, 3.63) is 58.9 Å². The van der Waals surface area contributed by atoms with E-state index < -0.39 is 29.7 Å². The molecule has 3 heterocycles. The van der Waals surface area contributed by atoms with Crippen molar-refractivity contribution in [1.82, 2.24) is 14.3 Å². The number of aryl methyl sites for hydroxylation is 1. The molecule has 0 radical (unpaired) electrons. The fraction of sp³-hybridized carbons (Fsp3) is 0.318. The Morgan fingerprint density at radius 3 is 2.72 bits per heavy atom. The molecule has 0 bridgehead atoms. The zero-order valence-electron chi connectivity index (χ0n) is 17.7. The van der Waals surface area contributed by atoms with Crippen LogP contribution in [0.1, 0.15) is 16.8 Å². The number of amidine groups is 1. The van der Waals surface area contributed by atoms with Gasteiger partial charge in [0.15, 0.2) is 0 Å². The first-order valence-corrected chi connectivity index (χ1v) is 10.0. The van der Waals surface area contributed by atoms with Crippen molar-refractivity contribution in [2.75, 3.05) is 26.8 Å². The molecular weight excluding hydrogens is 420 g/mol. The van der Waals surface area contributed by atoms with Crippen LogP contribution >= 0.6 is 0 Å². The normalized spacial score (nSPS) is 16.4. The number of carbonyl (C=O) groups excluding carboxylic acids is 1. The Hall–Kier alpha value is -3.53. The molecule has 3 aromatic rings. The number of nitrogens with zero attached hydrogens (tertiary/aromatic N) is 3. The molecule has 8 nitrogen and oxygen atoms in total. The smallest absolute Gasteiger partial charge is 0.409 e. The van der Waals surface area contributed by atoms with E-state index in [4.69, 9.17) is 20.6 Å². The summed E-state index contributed by atoms with van der Waals surface area (Å²) in [5.74, 6) is -2.16. The first kappa shape index (κ1) is 21.7. The SMILES string of the molecule is COC(=O)N1CCO[C@@H](Cc2c(-c3c(F)cc(C(=N)N)cc3F)nc3cc(C)ccn23)C1. The van der Waals surface area contributed by atoms with Gasteiger partial charge in [-0.25, -0.2) is 18.6 Å². The minimum atomic E-state index is -0.864. The number of carbonyl (C=O) groups is 1. The average Bonchev–Trinajstić information content (AvgIpc) is 3.09. The number of halogens is 2. The Kier molecular flexibility index (Phi) is 5.79. The van der Waals surface area contributed by atoms with Crippen LogP contribution in [0.5, 0.6) is 0 Å². The molecule has 0 aliphatic carbocycles. The number of nitrogens with two attached hydrogens (primary N) is 1. The summed E-state index contributed by atoms with van der Waals surface area (Å²) in [5.41, 5.74) is 7.21. The van der Waals surface area contributed by atoms with Gasteiger partial charge in [-0.05, 0) is 36.8 Å². The molecule has 168 valence electrons. The number of benzene rings is 1. The van der Waals surface area contributed by atoms with Crippen molar-refractivity contribution in [3.8, 4) is 11.3 Å². The largest absolute Gasteiger partial charge is 0.453 e. The Labute approximate surface area is 183 Å². The van der Waals surface area contributed by atoms with E-state index >= 15 is 0 Å². The first-order valence-electron chi connectivity index (χ1n) is 10.0. The van der Waals surface area contributed by atoms with E-state index in [2.05, 4.69) is 4.98 Å². The number of amides is 1. The minimum absolute atomic E-state index is 0.0470. The fourth-order valence-corrected chi connectivity index (χ4v) is 3.90. The van der Waals surface area contributed by atoms with Gasteiger partial charge in [-0.15, -0.1) is 0 Å². The van der Waals surface area contributed by atoms with Gasteiger partial charge in [-0.1, -0.05) is 0 Å². The highest BCUT2D eigenvalue weighted by Crippen LogP contribution is 2.32. The number of morpholine rings is 1. The average molecular weight is 443 g/mol. The van der Waals surface area contributed by atoms with E-state index in [-0.39, 0.29) is 29.8 Å². The molecule has 1 atom stereocenters. The molecule has 0 spiro atoms. The van der Waals surface area contributed by atoms with Gasteiger partial charge in [0.25, 0.3) is 0 Å². The molecule has 3 N–H and O–H groups in total. The summed E-state index contributed by atoms with van der Waals surface area (Å²) in [6, 6.07) is 5.73. The van der Waals surface area contributed by atoms with Crippen LogP contribution in [-0.4, -0.2) is 59.1 Å². The van der Waals surface area contributed by atoms with Gasteiger partial charge >= 0.3 is 6.09 Å². The van der Waals surface area contributed by atoms with Gasteiger partial charge in [-0.3, -0.25) is 5.41 Å². The van der Waals surface area contributed by atoms with Crippen LogP contribution in [0.3, 0.4) is 0 Å². The molecule has 1 saturated heterocycles. The summed E-state index contributed by atoms with van der Waals surface area (Å²) in [5, 5.41) is 7.46. The van der Waals surface area contributed by atoms with Gasteiger partial charge in [0.1, 0.15) is 23.1 Å². The quantitative estimate of drug-likeness (QED) is 0.477. The summed E-state index contributed by atoms with van der Waals surface area (Å²) in [6.45, 7) is 2.90. The van der Waals surface area contributed by atoms with Crippen LogP contribution < -0.4 is 5.73 Å². The number of hydrogen-bond donors (Lipinski definition) is 2. The molecule has 1 aliphatic rings. The third-order valence-electron chi connectivity index (χ3n) is 5.46. The molecule has 0 unspecified atom stereocenters. The number of hydrogen-bond acceptors (Lipinski definition) is 5. The predicted molar refractivity (Wildman–Crippen MR) is 114 cm³/mol. The number of imidazole rings is 1. The van der Waals surface area contributed by atoms with E-state index in [1.807, 2.05) is 19.1 Å². The van der Waals surface area contributed by atoms with E-state index in [0.717, 1.165) is 17.7 Å². The maximum atomic E-state index is 15.0. The molecule has 2 aromatic heterocycles. The van der Waals surface area contributed by atoms with Crippen LogP contribution in [0.25, 0.3) is 16.9 Å². The lowest BCUT2D eigenvalue weighted by molar-refractivity contribution is -0.0241. The van der Waals surface area contributed by atoms with E-state index in [1.165, 1.54) is 12.0 Å². The van der Waals surface area contributed by atoms with Crippen LogP contribution in [0, 0.1) is 24.0 Å². The lowest BCUT2D eigenvalue weighted by atomic mass is 10.0. The van der Waals surface area contributed by atoms with Crippen LogP contribution in [0.2, 0.25) is 0 Å². The summed E-state index contributed by atoms with van der Waals surface area (Å²) in [6.07, 6.45) is 1.19. The number of ether oxygens (including phenoxy) is 2. The Bertz CT molecular complexity index is 1190. The standard InChI is InChI=1S/C22H23F2N5O3/c1-12-3-4-29-17(10-14-11-28(5-6-32-14)22(30)31-2)20(27-18(29)7-12)19-15(23)8-13(21(25)26)9-16(19)24/h3-4,7-9,14H,5-6,10-11H2,1-2H3,(H3,25,26)/t14-/m0/s1. The highest BCUT2D eigenvalue weighted by atomic mass is 19.1. The summed E-state index contributed by atoms with van der Waals surface area (Å²) < 4.78 is 42.4. The Morgan fingerprint density at radius 1 is 1.34 bits per heavy atom. The van der Waals surface area contributed by atoms with Crippen molar-refractivity contribution < 1.29 is 23.0 Å². The Balaban J connectivity index is 1.80. The zero-order chi connectivity index (χ0) is 23.0. The number of aromatic nitrogens is 2. The first-order chi connectivity index (χ1) is 15.3. The number of rotatable bonds is 4. The Morgan fingerprint density at radius 2 is 2.06 bits per heavy atom. The summed E-state index contributed by atoms with van der Waals surface area (Å²) in [7, 11) is 1.31. The fourth-order valence-electron chi connectivity index (χ4n) is 3.90. The molecule has 1 fully saturated rings. The van der Waals surface area contributed by atoms with Gasteiger partial charge in [0.2, 0.25) is 0 Å². The van der Waals surface area contributed by atoms with Gasteiger partial charge in [0, 0.05) is 24.7 Å². The van der Waals surface area contributed by atoms with Crippen molar-refractivity contribution in [2.45, 2.75) is 19.4 Å². The number of fused-ring (bicyclic) bond motifs is 1. The third kappa shape index (κ3) is 4.01. The highest BCUT2D eigenvalue weighted by Gasteiger charge is 2.29. The third-order valence-corrected chi connectivity index (χ3v) is 5.46. The molecule has 1 amide bonds. The number of methoxy groups -OCH3 is 1. The number of nitrogen functional groups attached to an aromatic ring is 1. The van der Waals surface area contributed by atoms with E-state index in [0.29, 0.717) is 24.5 Å². The second-order valence-corrected chi connectivity index (χ2v) is 7.68. The molecular formula is C22H23F2N5O3. The van der Waals surface area contributed by atoms with Crippen molar-refractivity contribution >= 4 is 17.6 Å². The molecule has 4 rings (SSSR count). The second-order valence-electron chi connectivity index (χ2n) is 7.68. The lowest BCUT2D eigenvalue weighted by Crippen LogP contribution is -2.46. The molecule has 10 heteroatoms. The topological polar surface area (TPSA) is 106 Å². The van der Waals surface area contributed by atoms with Gasteiger partial charge in [0.05, 0.1) is 43.3 Å². The lowest BCUT2D eigenvalue weighted by Gasteiger charge is -2.32. The van der Waals surface area contributed by atoms with Crippen molar-refractivity contribution in [1.29, 1.82) is 5.41 Å². The maximum Gasteiger partial charge on any atom is 0.409 e. The van der Waals surface area contributed by atoms with E-state index in [9.17, 15) is 13.6 Å². The summed E-state index contributed by atoms with van der Waals surface area (Å²) in [4.78, 5) is 18.0. The molecule has 1 aliphatic heterocycles. The van der Waals surface area contributed by atoms with Gasteiger partial charge in [-0.2, -0.15) is 0 Å². The minimum Gasteiger partial charge on any atom is -0.453 e. The van der Waals surface area contributed by atoms with Crippen LogP contribution in [0.15, 0.2) is 30.5 Å². The van der Waals surface area contributed by atoms with Crippen molar-refractivity contribution in [3.63, 3.8) is 0 Å². The highest BCUT2D eigenvalue weighted by molar-refractivity contribution is 5.95. The summed E-state index contributed by atoms with van der Waals surface area (Å²) >= 11 is 0. The van der Waals surface area contributed by atoms with E-state index in [1.54, 1.807) is 10.6 Å². The van der Waals surface area contributed by atoms with Gasteiger partial charge < -0.3 is 24.5 Å². The van der Waals surface area contributed by atoms with Crippen molar-refractivity contribution in [2.24, 2.45) is 5.73 Å². The number of nitrogens with one attached hydrogen (secondary N) is 1. The van der Waals surface area contributed by atoms with Crippen LogP contribution in [0.4, 0.5) is 13.6 Å². The maximum absolute atomic E-state index is 15.0. The zero-order valence-corrected chi connectivity index (χ0v) is 17.7. The van der Waals surface area contributed by atoms with Crippen LogP contribution in [-0.2, 0) is 15.9 Å². The second kappa shape index (κ2) is 8.54. The monoisotopic (exact) mass is 443 g/mol. The molecule has 1 aromatic carbocycles. The molecule has 32 heavy (non-hydrogen) atoms. The predicted octanol–water partition coefficient (Wildman–Crippen LogP) is 2.88.